The largest absolute Gasteiger partial charge is 0.573 e. The molecule has 0 N–H and O–H groups in total. The minimum atomic E-state index is -5.12. The summed E-state index contributed by atoms with van der Waals surface area (Å²) in [6.45, 7) is 2.17. The third-order valence-electron chi connectivity index (χ3n) is 7.95. The van der Waals surface area contributed by atoms with Gasteiger partial charge in [0.25, 0.3) is 0 Å². The average Bonchev–Trinajstić information content (AvgIpc) is 2.80. The Morgan fingerprint density at radius 1 is 0.824 bits per heavy atom. The molecule has 1 aromatic rings. The van der Waals surface area contributed by atoms with Crippen molar-refractivity contribution in [1.82, 2.24) is 0 Å². The third-order valence-corrected chi connectivity index (χ3v) is 7.95. The molecule has 1 aromatic carbocycles. The van der Waals surface area contributed by atoms with E-state index in [9.17, 15) is 22.0 Å². The molecule has 2 saturated carbocycles. The molecule has 6 heteroatoms. The zero-order valence-corrected chi connectivity index (χ0v) is 20.3. The van der Waals surface area contributed by atoms with E-state index in [-0.39, 0.29) is 0 Å². The van der Waals surface area contributed by atoms with E-state index in [1.807, 2.05) is 0 Å². The standard InChI is InChI=1S/C28H39F5O/c1-2-3-4-5-6-7-20-10-14-23(15-11-20)24-16-12-21(13-17-24)8-9-22-18-25(29)27(26(30)19-22)34-28(31,32)33/h3-4,18-21,23-24H,2,5-17H2,1H3/b4-3+. The predicted octanol–water partition coefficient (Wildman–Crippen LogP) is 9.55. The Balaban J connectivity index is 1.36. The summed E-state index contributed by atoms with van der Waals surface area (Å²) in [7, 11) is 0. The van der Waals surface area contributed by atoms with E-state index in [1.54, 1.807) is 0 Å². The van der Waals surface area contributed by atoms with E-state index < -0.39 is 23.7 Å². The van der Waals surface area contributed by atoms with Crippen molar-refractivity contribution >= 4 is 0 Å². The first-order valence-corrected chi connectivity index (χ1v) is 13.1. The van der Waals surface area contributed by atoms with Crippen LogP contribution in [0.3, 0.4) is 0 Å². The lowest BCUT2D eigenvalue weighted by Gasteiger charge is -2.38. The molecule has 2 aliphatic rings. The second-order valence-corrected chi connectivity index (χ2v) is 10.3. The Morgan fingerprint density at radius 3 is 1.85 bits per heavy atom. The summed E-state index contributed by atoms with van der Waals surface area (Å²) in [4.78, 5) is 0. The molecular weight excluding hydrogens is 447 g/mol. The van der Waals surface area contributed by atoms with Crippen LogP contribution in [0.4, 0.5) is 22.0 Å². The zero-order valence-electron chi connectivity index (χ0n) is 20.3. The molecule has 2 aliphatic carbocycles. The molecule has 0 bridgehead atoms. The minimum absolute atomic E-state index is 0.384. The number of rotatable bonds is 10. The van der Waals surface area contributed by atoms with Gasteiger partial charge >= 0.3 is 6.36 Å². The first-order valence-electron chi connectivity index (χ1n) is 13.1. The number of allylic oxidation sites excluding steroid dienone is 2. The molecule has 1 nitrogen and oxygen atoms in total. The molecule has 0 saturated heterocycles. The smallest absolute Gasteiger partial charge is 0.399 e. The van der Waals surface area contributed by atoms with Gasteiger partial charge in [-0.25, -0.2) is 8.78 Å². The highest BCUT2D eigenvalue weighted by Gasteiger charge is 2.34. The van der Waals surface area contributed by atoms with Crippen LogP contribution >= 0.6 is 0 Å². The first kappa shape index (κ1) is 27.0. The Bertz CT molecular complexity index is 748. The van der Waals surface area contributed by atoms with Crippen LogP contribution in [0, 0.1) is 35.3 Å². The van der Waals surface area contributed by atoms with E-state index in [0.717, 1.165) is 55.6 Å². The van der Waals surface area contributed by atoms with Crippen molar-refractivity contribution in [2.75, 3.05) is 0 Å². The van der Waals surface area contributed by atoms with Crippen LogP contribution < -0.4 is 4.74 Å². The van der Waals surface area contributed by atoms with Crippen molar-refractivity contribution in [3.8, 4) is 5.75 Å². The Labute approximate surface area is 201 Å². The van der Waals surface area contributed by atoms with Crippen LogP contribution in [-0.4, -0.2) is 6.36 Å². The molecule has 2 fully saturated rings. The van der Waals surface area contributed by atoms with Crippen LogP contribution in [0.5, 0.6) is 5.75 Å². The fourth-order valence-corrected chi connectivity index (χ4v) is 6.05. The summed E-state index contributed by atoms with van der Waals surface area (Å²) in [5.41, 5.74) is 0.384. The molecule has 0 amide bonds. The van der Waals surface area contributed by atoms with Gasteiger partial charge in [-0.05, 0) is 99.2 Å². The molecule has 0 unspecified atom stereocenters. The molecule has 192 valence electrons. The maximum Gasteiger partial charge on any atom is 0.573 e. The fourth-order valence-electron chi connectivity index (χ4n) is 6.05. The van der Waals surface area contributed by atoms with Gasteiger partial charge in [-0.15, -0.1) is 13.2 Å². The van der Waals surface area contributed by atoms with Gasteiger partial charge in [0.05, 0.1) is 0 Å². The van der Waals surface area contributed by atoms with E-state index >= 15 is 0 Å². The van der Waals surface area contributed by atoms with Crippen molar-refractivity contribution in [3.63, 3.8) is 0 Å². The molecule has 0 aromatic heterocycles. The summed E-state index contributed by atoms with van der Waals surface area (Å²) < 4.78 is 68.3. The van der Waals surface area contributed by atoms with Gasteiger partial charge in [-0.1, -0.05) is 51.2 Å². The maximum absolute atomic E-state index is 13.9. The van der Waals surface area contributed by atoms with Crippen LogP contribution in [0.25, 0.3) is 0 Å². The molecule has 0 aliphatic heterocycles. The Kier molecular flexibility index (Phi) is 10.3. The summed E-state index contributed by atoms with van der Waals surface area (Å²) >= 11 is 0. The first-order chi connectivity index (χ1) is 16.2. The van der Waals surface area contributed by atoms with E-state index in [2.05, 4.69) is 23.8 Å². The summed E-state index contributed by atoms with van der Waals surface area (Å²) in [6.07, 6.45) is 15.9. The molecule has 0 heterocycles. The SMILES string of the molecule is CC/C=C/CCCC1CCC(C2CCC(CCc3cc(F)c(OC(F)(F)F)c(F)c3)CC2)CC1. The maximum atomic E-state index is 13.9. The van der Waals surface area contributed by atoms with Gasteiger partial charge in [0.1, 0.15) is 0 Å². The average molecular weight is 487 g/mol. The van der Waals surface area contributed by atoms with Crippen molar-refractivity contribution in [2.24, 2.45) is 23.7 Å². The highest BCUT2D eigenvalue weighted by molar-refractivity contribution is 5.31. The second kappa shape index (κ2) is 12.9. The van der Waals surface area contributed by atoms with Gasteiger partial charge in [0.15, 0.2) is 11.6 Å². The van der Waals surface area contributed by atoms with E-state index in [4.69, 9.17) is 0 Å². The Morgan fingerprint density at radius 2 is 1.35 bits per heavy atom. The molecule has 0 radical (unpaired) electrons. The number of halogens is 5. The number of benzene rings is 1. The van der Waals surface area contributed by atoms with Crippen molar-refractivity contribution in [3.05, 3.63) is 41.5 Å². The van der Waals surface area contributed by atoms with Crippen molar-refractivity contribution < 1.29 is 26.7 Å². The highest BCUT2D eigenvalue weighted by atomic mass is 19.4. The summed E-state index contributed by atoms with van der Waals surface area (Å²) in [5.74, 6) is -0.912. The number of unbranched alkanes of at least 4 members (excludes halogenated alkanes) is 1. The lowest BCUT2D eigenvalue weighted by atomic mass is 9.68. The van der Waals surface area contributed by atoms with Crippen LogP contribution in [-0.2, 0) is 6.42 Å². The normalized spacial score (nSPS) is 26.2. The summed E-state index contributed by atoms with van der Waals surface area (Å²) in [5, 5.41) is 0. The van der Waals surface area contributed by atoms with Crippen LogP contribution in [0.1, 0.15) is 96.0 Å². The lowest BCUT2D eigenvalue weighted by molar-refractivity contribution is -0.276. The van der Waals surface area contributed by atoms with Gasteiger partial charge in [0.2, 0.25) is 5.75 Å². The molecule has 34 heavy (non-hydrogen) atoms. The minimum Gasteiger partial charge on any atom is -0.399 e. The van der Waals surface area contributed by atoms with Gasteiger partial charge < -0.3 is 4.74 Å². The van der Waals surface area contributed by atoms with Crippen LogP contribution in [0.15, 0.2) is 24.3 Å². The second-order valence-electron chi connectivity index (χ2n) is 10.3. The van der Waals surface area contributed by atoms with Gasteiger partial charge in [0, 0.05) is 0 Å². The third kappa shape index (κ3) is 8.57. The fraction of sp³-hybridized carbons (Fsp3) is 0.714. The zero-order chi connectivity index (χ0) is 24.6. The monoisotopic (exact) mass is 486 g/mol. The topological polar surface area (TPSA) is 9.23 Å². The number of hydrogen-bond donors (Lipinski definition) is 0. The highest BCUT2D eigenvalue weighted by Crippen LogP contribution is 2.43. The van der Waals surface area contributed by atoms with E-state index in [1.165, 1.54) is 57.8 Å². The van der Waals surface area contributed by atoms with Crippen LogP contribution in [0.2, 0.25) is 0 Å². The Hall–Kier alpha value is -1.59. The predicted molar refractivity (Wildman–Crippen MR) is 126 cm³/mol. The van der Waals surface area contributed by atoms with Crippen molar-refractivity contribution in [2.45, 2.75) is 103 Å². The van der Waals surface area contributed by atoms with Gasteiger partial charge in [-0.2, -0.15) is 0 Å². The molecule has 0 spiro atoms. The number of ether oxygens (including phenoxy) is 1. The molecular formula is C28H39F5O. The number of hydrogen-bond acceptors (Lipinski definition) is 1. The molecule has 3 rings (SSSR count). The quantitative estimate of drug-likeness (QED) is 0.182. The number of alkyl halides is 3. The summed E-state index contributed by atoms with van der Waals surface area (Å²) in [6, 6.07) is 1.93. The number of aryl methyl sites for hydroxylation is 1. The van der Waals surface area contributed by atoms with E-state index in [0.29, 0.717) is 17.9 Å². The molecule has 0 atom stereocenters. The lowest BCUT2D eigenvalue weighted by Crippen LogP contribution is -2.26. The van der Waals surface area contributed by atoms with Gasteiger partial charge in [-0.3, -0.25) is 0 Å². The van der Waals surface area contributed by atoms with Crippen molar-refractivity contribution in [1.29, 1.82) is 0 Å².